The van der Waals surface area contributed by atoms with E-state index in [1.54, 1.807) is 60.0 Å². The molecule has 0 radical (unpaired) electrons. The summed E-state index contributed by atoms with van der Waals surface area (Å²) in [4.78, 5) is 26.1. The highest BCUT2D eigenvalue weighted by Crippen LogP contribution is 2.27. The fraction of sp³-hybridized carbons (Fsp3) is 0.143. The molecule has 0 aliphatic rings. The van der Waals surface area contributed by atoms with Gasteiger partial charge in [0, 0.05) is 6.04 Å². The Labute approximate surface area is 176 Å². The zero-order chi connectivity index (χ0) is 21.4. The number of aromatic nitrogens is 7. The fourth-order valence-electron chi connectivity index (χ4n) is 3.25. The van der Waals surface area contributed by atoms with E-state index >= 15 is 0 Å². The number of hydrogen-bond donors (Lipinski definition) is 1. The molecular formula is C21H18N8O2. The van der Waals surface area contributed by atoms with Gasteiger partial charge in [-0.05, 0) is 44.2 Å². The normalized spacial score (nSPS) is 11.3. The van der Waals surface area contributed by atoms with Gasteiger partial charge in [0.05, 0.1) is 35.3 Å². The maximum absolute atomic E-state index is 13.2. The van der Waals surface area contributed by atoms with E-state index in [-0.39, 0.29) is 11.9 Å². The van der Waals surface area contributed by atoms with E-state index in [0.717, 1.165) is 0 Å². The van der Waals surface area contributed by atoms with E-state index in [9.17, 15) is 4.79 Å². The highest BCUT2D eigenvalue weighted by molar-refractivity contribution is 6.12. The van der Waals surface area contributed by atoms with Crippen LogP contribution < -0.4 is 5.32 Å². The van der Waals surface area contributed by atoms with Crippen LogP contribution >= 0.6 is 0 Å². The molecule has 1 amide bonds. The molecule has 31 heavy (non-hydrogen) atoms. The lowest BCUT2D eigenvalue weighted by atomic mass is 10.1. The molecule has 10 nitrogen and oxygen atoms in total. The van der Waals surface area contributed by atoms with Gasteiger partial charge in [0.2, 0.25) is 0 Å². The van der Waals surface area contributed by atoms with Gasteiger partial charge in [-0.15, -0.1) is 0 Å². The molecule has 0 aliphatic heterocycles. The molecule has 0 atom stereocenters. The highest BCUT2D eigenvalue weighted by atomic mass is 16.3. The van der Waals surface area contributed by atoms with Crippen molar-refractivity contribution in [1.29, 1.82) is 0 Å². The zero-order valence-corrected chi connectivity index (χ0v) is 16.8. The molecule has 0 aliphatic carbocycles. The maximum Gasteiger partial charge on any atom is 0.256 e. The summed E-state index contributed by atoms with van der Waals surface area (Å²) in [5.41, 5.74) is 2.18. The van der Waals surface area contributed by atoms with Gasteiger partial charge in [-0.2, -0.15) is 10.2 Å². The molecule has 10 heteroatoms. The Morgan fingerprint density at radius 2 is 2.06 bits per heavy atom. The molecule has 0 bridgehead atoms. The summed E-state index contributed by atoms with van der Waals surface area (Å²) in [6.07, 6.45) is 7.79. The third-order valence-corrected chi connectivity index (χ3v) is 4.73. The molecule has 0 saturated heterocycles. The first-order chi connectivity index (χ1) is 15.1. The van der Waals surface area contributed by atoms with Crippen LogP contribution in [0.1, 0.15) is 30.2 Å². The molecule has 0 spiro atoms. The number of furan rings is 1. The van der Waals surface area contributed by atoms with Crippen LogP contribution in [-0.2, 0) is 0 Å². The molecule has 1 N–H and O–H groups in total. The average Bonchev–Trinajstić information content (AvgIpc) is 3.55. The Morgan fingerprint density at radius 3 is 2.74 bits per heavy atom. The van der Waals surface area contributed by atoms with Crippen molar-refractivity contribution >= 4 is 22.6 Å². The second-order valence-electron chi connectivity index (χ2n) is 7.15. The summed E-state index contributed by atoms with van der Waals surface area (Å²) in [6, 6.07) is 8.88. The summed E-state index contributed by atoms with van der Waals surface area (Å²) in [5.74, 6) is 0.880. The summed E-state index contributed by atoms with van der Waals surface area (Å²) >= 11 is 0. The van der Waals surface area contributed by atoms with Gasteiger partial charge in [-0.25, -0.2) is 24.3 Å². The monoisotopic (exact) mass is 414 g/mol. The van der Waals surface area contributed by atoms with Crippen molar-refractivity contribution in [2.24, 2.45) is 0 Å². The lowest BCUT2D eigenvalue weighted by Crippen LogP contribution is -2.14. The van der Waals surface area contributed by atoms with Crippen LogP contribution in [0, 0.1) is 0 Å². The predicted octanol–water partition coefficient (Wildman–Crippen LogP) is 3.50. The molecule has 5 heterocycles. The van der Waals surface area contributed by atoms with Gasteiger partial charge in [-0.3, -0.25) is 4.79 Å². The first-order valence-corrected chi connectivity index (χ1v) is 9.64. The number of nitrogens with one attached hydrogen (secondary N) is 1. The van der Waals surface area contributed by atoms with Gasteiger partial charge in [0.15, 0.2) is 17.2 Å². The second kappa shape index (κ2) is 7.48. The van der Waals surface area contributed by atoms with Crippen LogP contribution in [0.2, 0.25) is 0 Å². The first kappa shape index (κ1) is 18.7. The second-order valence-corrected chi connectivity index (χ2v) is 7.15. The number of pyridine rings is 2. The largest absolute Gasteiger partial charge is 0.463 e. The van der Waals surface area contributed by atoms with Crippen molar-refractivity contribution in [2.45, 2.75) is 19.9 Å². The quantitative estimate of drug-likeness (QED) is 0.468. The minimum Gasteiger partial charge on any atom is -0.463 e. The van der Waals surface area contributed by atoms with Crippen LogP contribution in [0.15, 0.2) is 66.1 Å². The topological polar surface area (TPSA) is 117 Å². The van der Waals surface area contributed by atoms with Gasteiger partial charge in [-0.1, -0.05) is 0 Å². The zero-order valence-electron chi connectivity index (χ0n) is 16.8. The van der Waals surface area contributed by atoms with Crippen molar-refractivity contribution < 1.29 is 9.21 Å². The number of carbonyl (C=O) groups is 1. The highest BCUT2D eigenvalue weighted by Gasteiger charge is 2.19. The summed E-state index contributed by atoms with van der Waals surface area (Å²) in [5, 5.41) is 12.0. The first-order valence-electron chi connectivity index (χ1n) is 9.64. The number of fused-ring (bicyclic) bond motifs is 1. The molecule has 0 saturated carbocycles. The van der Waals surface area contributed by atoms with Crippen molar-refractivity contribution in [3.05, 3.63) is 67.2 Å². The molecule has 154 valence electrons. The standard InChI is InChI=1S/C21H18N8O2/c1-13(2)29-20-16(10-24-29)15(8-17(27-20)18-4-3-7-31-18)21(30)26-14-5-6-19(23-9-14)28-12-22-11-25-28/h3-13H,1-2H3,(H,26,30). The van der Waals surface area contributed by atoms with Gasteiger partial charge in [0.25, 0.3) is 5.91 Å². The third kappa shape index (κ3) is 3.44. The Balaban J connectivity index is 1.52. The summed E-state index contributed by atoms with van der Waals surface area (Å²) in [6.45, 7) is 4.02. The number of nitrogens with zero attached hydrogens (tertiary/aromatic N) is 7. The Hall–Kier alpha value is -4.34. The predicted molar refractivity (Wildman–Crippen MR) is 113 cm³/mol. The molecule has 5 aromatic heterocycles. The SMILES string of the molecule is CC(C)n1ncc2c(C(=O)Nc3ccc(-n4cncn4)nc3)cc(-c3ccco3)nc21. The molecular weight excluding hydrogens is 396 g/mol. The van der Waals surface area contributed by atoms with Crippen molar-refractivity contribution in [2.75, 3.05) is 5.32 Å². The number of carbonyl (C=O) groups excluding carboxylic acids is 1. The Bertz CT molecular complexity index is 1340. The Kier molecular flexibility index (Phi) is 4.51. The van der Waals surface area contributed by atoms with Crippen molar-refractivity contribution in [1.82, 2.24) is 34.5 Å². The minimum atomic E-state index is -0.293. The van der Waals surface area contributed by atoms with E-state index in [1.165, 1.54) is 11.0 Å². The molecule has 5 rings (SSSR count). The van der Waals surface area contributed by atoms with Gasteiger partial charge >= 0.3 is 0 Å². The van der Waals surface area contributed by atoms with Crippen LogP contribution in [0.4, 0.5) is 5.69 Å². The van der Waals surface area contributed by atoms with Crippen LogP contribution in [-0.4, -0.2) is 40.4 Å². The van der Waals surface area contributed by atoms with Crippen LogP contribution in [0.3, 0.4) is 0 Å². The Morgan fingerprint density at radius 1 is 1.16 bits per heavy atom. The van der Waals surface area contributed by atoms with Crippen LogP contribution in [0.5, 0.6) is 0 Å². The smallest absolute Gasteiger partial charge is 0.256 e. The summed E-state index contributed by atoms with van der Waals surface area (Å²) in [7, 11) is 0. The van der Waals surface area contributed by atoms with E-state index in [0.29, 0.717) is 39.6 Å². The van der Waals surface area contributed by atoms with E-state index in [4.69, 9.17) is 4.42 Å². The number of anilines is 1. The molecule has 0 unspecified atom stereocenters. The van der Waals surface area contributed by atoms with Crippen LogP contribution in [0.25, 0.3) is 28.3 Å². The number of hydrogen-bond acceptors (Lipinski definition) is 7. The fourth-order valence-corrected chi connectivity index (χ4v) is 3.25. The van der Waals surface area contributed by atoms with Crippen molar-refractivity contribution in [3.8, 4) is 17.3 Å². The molecule has 0 fully saturated rings. The number of amides is 1. The van der Waals surface area contributed by atoms with E-state index < -0.39 is 0 Å². The van der Waals surface area contributed by atoms with E-state index in [2.05, 4.69) is 30.5 Å². The van der Waals surface area contributed by atoms with Crippen molar-refractivity contribution in [3.63, 3.8) is 0 Å². The lowest BCUT2D eigenvalue weighted by Gasteiger charge is -2.10. The minimum absolute atomic E-state index is 0.0845. The maximum atomic E-state index is 13.2. The lowest BCUT2D eigenvalue weighted by molar-refractivity contribution is 0.102. The average molecular weight is 414 g/mol. The van der Waals surface area contributed by atoms with Gasteiger partial charge < -0.3 is 9.73 Å². The van der Waals surface area contributed by atoms with E-state index in [1.807, 2.05) is 13.8 Å². The van der Waals surface area contributed by atoms with Gasteiger partial charge in [0.1, 0.15) is 18.3 Å². The molecule has 5 aromatic rings. The summed E-state index contributed by atoms with van der Waals surface area (Å²) < 4.78 is 8.82. The molecule has 0 aromatic carbocycles. The third-order valence-electron chi connectivity index (χ3n) is 4.73. The number of rotatable bonds is 5.